The Hall–Kier alpha value is -1.59. The maximum atomic E-state index is 11.7. The van der Waals surface area contributed by atoms with E-state index in [9.17, 15) is 14.4 Å². The summed E-state index contributed by atoms with van der Waals surface area (Å²) in [5, 5.41) is 13.9. The van der Waals surface area contributed by atoms with Crippen molar-refractivity contribution in [2.24, 2.45) is 5.92 Å². The van der Waals surface area contributed by atoms with Crippen LogP contribution in [0.15, 0.2) is 0 Å². The first kappa shape index (κ1) is 17.4. The number of aliphatic carboxylic acids is 1. The minimum absolute atomic E-state index is 0.0595. The summed E-state index contributed by atoms with van der Waals surface area (Å²) in [5.74, 6) is -1.76. The van der Waals surface area contributed by atoms with E-state index in [2.05, 4.69) is 10.6 Å². The molecule has 0 saturated carbocycles. The molecular weight excluding hydrogens is 248 g/mol. The lowest BCUT2D eigenvalue weighted by atomic mass is 10.0. The molecule has 6 nitrogen and oxygen atoms in total. The van der Waals surface area contributed by atoms with Crippen LogP contribution in [0.2, 0.25) is 0 Å². The van der Waals surface area contributed by atoms with Crippen molar-refractivity contribution in [2.75, 3.05) is 0 Å². The average Bonchev–Trinajstić information content (AvgIpc) is 2.12. The first-order valence-corrected chi connectivity index (χ1v) is 6.34. The number of amides is 2. The van der Waals surface area contributed by atoms with Gasteiger partial charge in [0.15, 0.2) is 0 Å². The van der Waals surface area contributed by atoms with E-state index in [0.29, 0.717) is 0 Å². The van der Waals surface area contributed by atoms with Crippen molar-refractivity contribution >= 4 is 17.8 Å². The summed E-state index contributed by atoms with van der Waals surface area (Å²) < 4.78 is 0. The van der Waals surface area contributed by atoms with Gasteiger partial charge >= 0.3 is 5.97 Å². The minimum atomic E-state index is -0.932. The van der Waals surface area contributed by atoms with Crippen molar-refractivity contribution in [1.82, 2.24) is 10.6 Å². The van der Waals surface area contributed by atoms with Gasteiger partial charge in [0, 0.05) is 18.4 Å². The van der Waals surface area contributed by atoms with Crippen molar-refractivity contribution < 1.29 is 19.5 Å². The van der Waals surface area contributed by atoms with Crippen molar-refractivity contribution in [3.8, 4) is 0 Å². The minimum Gasteiger partial charge on any atom is -0.481 e. The smallest absolute Gasteiger partial charge is 0.303 e. The zero-order chi connectivity index (χ0) is 15.2. The Morgan fingerprint density at radius 3 is 2.05 bits per heavy atom. The third-order valence-electron chi connectivity index (χ3n) is 2.33. The van der Waals surface area contributed by atoms with Crippen LogP contribution >= 0.6 is 0 Å². The van der Waals surface area contributed by atoms with E-state index >= 15 is 0 Å². The lowest BCUT2D eigenvalue weighted by Crippen LogP contribution is -2.51. The summed E-state index contributed by atoms with van der Waals surface area (Å²) in [4.78, 5) is 33.9. The number of rotatable bonds is 6. The van der Waals surface area contributed by atoms with E-state index in [4.69, 9.17) is 5.11 Å². The van der Waals surface area contributed by atoms with Crippen LogP contribution in [0.5, 0.6) is 0 Å². The summed E-state index contributed by atoms with van der Waals surface area (Å²) in [6.07, 6.45) is 0.0371. The zero-order valence-corrected chi connectivity index (χ0v) is 12.2. The molecule has 0 fully saturated rings. The van der Waals surface area contributed by atoms with Gasteiger partial charge in [0.25, 0.3) is 0 Å². The maximum absolute atomic E-state index is 11.7. The molecule has 0 aliphatic rings. The number of carboxylic acids is 1. The predicted octanol–water partition coefficient (Wildman–Crippen LogP) is 0.907. The molecule has 0 aliphatic heterocycles. The molecule has 19 heavy (non-hydrogen) atoms. The molecule has 0 rings (SSSR count). The highest BCUT2D eigenvalue weighted by Crippen LogP contribution is 2.07. The second kappa shape index (κ2) is 7.11. The maximum Gasteiger partial charge on any atom is 0.303 e. The average molecular weight is 272 g/mol. The molecule has 0 radical (unpaired) electrons. The second-order valence-electron chi connectivity index (χ2n) is 5.94. The second-order valence-corrected chi connectivity index (χ2v) is 5.94. The van der Waals surface area contributed by atoms with Crippen molar-refractivity contribution in [3.05, 3.63) is 0 Å². The van der Waals surface area contributed by atoms with Gasteiger partial charge in [-0.25, -0.2) is 0 Å². The molecule has 2 unspecified atom stereocenters. The zero-order valence-electron chi connectivity index (χ0n) is 12.2. The largest absolute Gasteiger partial charge is 0.481 e. The van der Waals surface area contributed by atoms with E-state index < -0.39 is 12.0 Å². The van der Waals surface area contributed by atoms with Crippen LogP contribution in [0.25, 0.3) is 0 Å². The molecule has 0 saturated heterocycles. The van der Waals surface area contributed by atoms with Crippen LogP contribution in [0, 0.1) is 5.92 Å². The van der Waals surface area contributed by atoms with Gasteiger partial charge in [-0.05, 0) is 33.6 Å². The van der Waals surface area contributed by atoms with Crippen LogP contribution in [0.1, 0.15) is 47.5 Å². The summed E-state index contributed by atoms with van der Waals surface area (Å²) in [6.45, 7) is 8.85. The highest BCUT2D eigenvalue weighted by atomic mass is 16.4. The molecule has 0 aromatic carbocycles. The summed E-state index contributed by atoms with van der Waals surface area (Å²) in [7, 11) is 0. The molecule has 0 spiro atoms. The van der Waals surface area contributed by atoms with E-state index in [1.807, 2.05) is 20.8 Å². The Labute approximate surface area is 113 Å². The Bertz CT molecular complexity index is 347. The lowest BCUT2D eigenvalue weighted by Gasteiger charge is -2.24. The SMILES string of the molecule is CC(CC(=O)O)CC(=O)NC(C)C(=O)NC(C)(C)C. The van der Waals surface area contributed by atoms with Gasteiger partial charge in [-0.3, -0.25) is 14.4 Å². The normalized spacial score (nSPS) is 14.4. The molecule has 2 amide bonds. The van der Waals surface area contributed by atoms with Gasteiger partial charge in [-0.15, -0.1) is 0 Å². The Balaban J connectivity index is 4.18. The Morgan fingerprint density at radius 1 is 1.11 bits per heavy atom. The fraction of sp³-hybridized carbons (Fsp3) is 0.769. The van der Waals surface area contributed by atoms with E-state index in [-0.39, 0.29) is 36.1 Å². The molecule has 0 aromatic heterocycles. The fourth-order valence-corrected chi connectivity index (χ4v) is 1.53. The first-order valence-electron chi connectivity index (χ1n) is 6.34. The van der Waals surface area contributed by atoms with Crippen LogP contribution < -0.4 is 10.6 Å². The quantitative estimate of drug-likeness (QED) is 0.669. The van der Waals surface area contributed by atoms with Crippen molar-refractivity contribution in [2.45, 2.75) is 59.0 Å². The molecule has 6 heteroatoms. The van der Waals surface area contributed by atoms with Gasteiger partial charge in [0.05, 0.1) is 0 Å². The monoisotopic (exact) mass is 272 g/mol. The standard InChI is InChI=1S/C13H24N2O4/c1-8(7-11(17)18)6-10(16)14-9(2)12(19)15-13(3,4)5/h8-9H,6-7H2,1-5H3,(H,14,16)(H,15,19)(H,17,18). The number of hydrogen-bond donors (Lipinski definition) is 3. The lowest BCUT2D eigenvalue weighted by molar-refractivity contribution is -0.138. The summed E-state index contributed by atoms with van der Waals surface area (Å²) in [5.41, 5.74) is -0.354. The Kier molecular flexibility index (Phi) is 6.52. The number of carbonyl (C=O) groups is 3. The molecule has 2 atom stereocenters. The molecule has 3 N–H and O–H groups in total. The summed E-state index contributed by atoms with van der Waals surface area (Å²) in [6, 6.07) is -0.635. The summed E-state index contributed by atoms with van der Waals surface area (Å²) >= 11 is 0. The van der Waals surface area contributed by atoms with Crippen molar-refractivity contribution in [3.63, 3.8) is 0 Å². The third-order valence-corrected chi connectivity index (χ3v) is 2.33. The molecule has 0 aromatic rings. The topological polar surface area (TPSA) is 95.5 Å². The van der Waals surface area contributed by atoms with Crippen LogP contribution in [0.3, 0.4) is 0 Å². The van der Waals surface area contributed by atoms with E-state index in [1.165, 1.54) is 0 Å². The third kappa shape index (κ3) is 9.04. The number of hydrogen-bond acceptors (Lipinski definition) is 3. The first-order chi connectivity index (χ1) is 8.51. The fourth-order valence-electron chi connectivity index (χ4n) is 1.53. The van der Waals surface area contributed by atoms with Gasteiger partial charge in [-0.2, -0.15) is 0 Å². The number of carbonyl (C=O) groups excluding carboxylic acids is 2. The van der Waals surface area contributed by atoms with Crippen molar-refractivity contribution in [1.29, 1.82) is 0 Å². The molecule has 110 valence electrons. The van der Waals surface area contributed by atoms with Crippen LogP contribution in [0.4, 0.5) is 0 Å². The van der Waals surface area contributed by atoms with Gasteiger partial charge in [0.2, 0.25) is 11.8 Å². The highest BCUT2D eigenvalue weighted by Gasteiger charge is 2.21. The van der Waals surface area contributed by atoms with Crippen LogP contribution in [-0.4, -0.2) is 34.5 Å². The van der Waals surface area contributed by atoms with Gasteiger partial charge in [-0.1, -0.05) is 6.92 Å². The Morgan fingerprint density at radius 2 is 1.63 bits per heavy atom. The van der Waals surface area contributed by atoms with E-state index in [1.54, 1.807) is 13.8 Å². The number of carboxylic acid groups (broad SMARTS) is 1. The van der Waals surface area contributed by atoms with Crippen LogP contribution in [-0.2, 0) is 14.4 Å². The van der Waals surface area contributed by atoms with E-state index in [0.717, 1.165) is 0 Å². The highest BCUT2D eigenvalue weighted by molar-refractivity contribution is 5.87. The molecule has 0 heterocycles. The van der Waals surface area contributed by atoms with Gasteiger partial charge < -0.3 is 15.7 Å². The molecular formula is C13H24N2O4. The van der Waals surface area contributed by atoms with Gasteiger partial charge in [0.1, 0.15) is 6.04 Å². The predicted molar refractivity (Wildman–Crippen MR) is 71.5 cm³/mol. The number of nitrogens with one attached hydrogen (secondary N) is 2. The molecule has 0 bridgehead atoms. The molecule has 0 aliphatic carbocycles.